The van der Waals surface area contributed by atoms with Gasteiger partial charge in [-0.15, -0.1) is 0 Å². The number of nitrogens with one attached hydrogen (secondary N) is 1. The molecule has 3 saturated heterocycles. The predicted octanol–water partition coefficient (Wildman–Crippen LogP) is 1.43. The lowest BCUT2D eigenvalue weighted by Gasteiger charge is -2.45. The van der Waals surface area contributed by atoms with Crippen molar-refractivity contribution in [2.45, 2.75) is 31.7 Å². The zero-order valence-corrected chi connectivity index (χ0v) is 15.0. The van der Waals surface area contributed by atoms with Gasteiger partial charge >= 0.3 is 0 Å². The Balaban J connectivity index is 1.30. The summed E-state index contributed by atoms with van der Waals surface area (Å²) in [5.41, 5.74) is 0.431. The van der Waals surface area contributed by atoms with Crippen molar-refractivity contribution in [1.29, 1.82) is 0 Å². The molecule has 26 heavy (non-hydrogen) atoms. The van der Waals surface area contributed by atoms with Gasteiger partial charge in [-0.1, -0.05) is 18.2 Å². The maximum Gasteiger partial charge on any atom is 0.227 e. The Morgan fingerprint density at radius 3 is 2.42 bits per heavy atom. The number of hydrogen-bond acceptors (Lipinski definition) is 3. The maximum atomic E-state index is 13.7. The standard InChI is InChI=1S/C20H26FN3O2/c21-17-4-2-1-3-15(17)12-19(25)23-7-9-24(10-8-23)20(26)16-11-14-5-6-18(16)22-13-14/h1-4,14,16,18,22H,5-13H2. The SMILES string of the molecule is O=C(Cc1ccccc1F)N1CCN(C(=O)C2CC3CCC2NC3)CC1. The molecule has 0 radical (unpaired) electrons. The first kappa shape index (κ1) is 17.5. The Bertz CT molecular complexity index is 679. The van der Waals surface area contributed by atoms with Crippen LogP contribution < -0.4 is 5.32 Å². The first-order valence-electron chi connectivity index (χ1n) is 9.65. The van der Waals surface area contributed by atoms with Gasteiger partial charge in [0.2, 0.25) is 11.8 Å². The number of halogens is 1. The lowest BCUT2D eigenvalue weighted by molar-refractivity contribution is -0.144. The molecule has 5 nitrogen and oxygen atoms in total. The van der Waals surface area contributed by atoms with Crippen molar-refractivity contribution in [3.63, 3.8) is 0 Å². The number of fused-ring (bicyclic) bond motifs is 3. The number of carbonyl (C=O) groups excluding carboxylic acids is 2. The van der Waals surface area contributed by atoms with E-state index in [1.165, 1.54) is 12.5 Å². The van der Waals surface area contributed by atoms with Gasteiger partial charge in [0, 0.05) is 32.2 Å². The van der Waals surface area contributed by atoms with Crippen LogP contribution in [0.1, 0.15) is 24.8 Å². The topological polar surface area (TPSA) is 52.7 Å². The van der Waals surface area contributed by atoms with Gasteiger partial charge in [0.05, 0.1) is 12.3 Å². The molecule has 1 aliphatic carbocycles. The molecule has 4 aliphatic rings. The van der Waals surface area contributed by atoms with E-state index in [2.05, 4.69) is 5.32 Å². The second kappa shape index (κ2) is 7.35. The predicted molar refractivity (Wildman–Crippen MR) is 95.9 cm³/mol. The van der Waals surface area contributed by atoms with Gasteiger partial charge in [-0.3, -0.25) is 9.59 Å². The van der Waals surface area contributed by atoms with E-state index >= 15 is 0 Å². The van der Waals surface area contributed by atoms with Crippen LogP contribution in [-0.2, 0) is 16.0 Å². The van der Waals surface area contributed by atoms with Crippen molar-refractivity contribution in [3.8, 4) is 0 Å². The molecule has 140 valence electrons. The second-order valence-corrected chi connectivity index (χ2v) is 7.77. The van der Waals surface area contributed by atoms with Crippen molar-refractivity contribution in [2.75, 3.05) is 32.7 Å². The first-order chi connectivity index (χ1) is 12.6. The number of piperidine rings is 2. The van der Waals surface area contributed by atoms with Crippen LogP contribution in [0.25, 0.3) is 0 Å². The average Bonchev–Trinajstić information content (AvgIpc) is 2.70. The molecule has 6 heteroatoms. The van der Waals surface area contributed by atoms with Gasteiger partial charge in [0.25, 0.3) is 0 Å². The molecular weight excluding hydrogens is 333 g/mol. The van der Waals surface area contributed by atoms with Crippen molar-refractivity contribution < 1.29 is 14.0 Å². The summed E-state index contributed by atoms with van der Waals surface area (Å²) in [5.74, 6) is 0.573. The largest absolute Gasteiger partial charge is 0.339 e. The molecule has 1 aromatic rings. The third-order valence-electron chi connectivity index (χ3n) is 6.19. The lowest BCUT2D eigenvalue weighted by atomic mass is 9.73. The Labute approximate surface area is 153 Å². The minimum absolute atomic E-state index is 0.0689. The zero-order chi connectivity index (χ0) is 18.1. The van der Waals surface area contributed by atoms with E-state index in [0.717, 1.165) is 19.4 Å². The minimum Gasteiger partial charge on any atom is -0.339 e. The molecule has 2 bridgehead atoms. The highest BCUT2D eigenvalue weighted by Crippen LogP contribution is 2.34. The highest BCUT2D eigenvalue weighted by Gasteiger charge is 2.41. The minimum atomic E-state index is -0.338. The molecule has 0 spiro atoms. The van der Waals surface area contributed by atoms with Gasteiger partial charge in [-0.2, -0.15) is 0 Å². The summed E-state index contributed by atoms with van der Waals surface area (Å²) in [7, 11) is 0. The van der Waals surface area contributed by atoms with Crippen LogP contribution in [0, 0.1) is 17.7 Å². The quantitative estimate of drug-likeness (QED) is 0.888. The summed E-state index contributed by atoms with van der Waals surface area (Å²) in [6.45, 7) is 3.28. The molecule has 3 heterocycles. The Morgan fingerprint density at radius 2 is 1.81 bits per heavy atom. The molecule has 0 aromatic heterocycles. The second-order valence-electron chi connectivity index (χ2n) is 7.77. The van der Waals surface area contributed by atoms with Gasteiger partial charge in [0.15, 0.2) is 0 Å². The number of piperazine rings is 1. The molecular formula is C20H26FN3O2. The number of carbonyl (C=O) groups is 2. The maximum absolute atomic E-state index is 13.7. The summed E-state index contributed by atoms with van der Waals surface area (Å²) < 4.78 is 13.7. The molecule has 1 aromatic carbocycles. The van der Waals surface area contributed by atoms with Gasteiger partial charge < -0.3 is 15.1 Å². The molecule has 5 rings (SSSR count). The third-order valence-corrected chi connectivity index (χ3v) is 6.19. The third kappa shape index (κ3) is 3.47. The summed E-state index contributed by atoms with van der Waals surface area (Å²) in [6, 6.07) is 6.73. The van der Waals surface area contributed by atoms with Crippen molar-refractivity contribution in [3.05, 3.63) is 35.6 Å². The monoisotopic (exact) mass is 359 g/mol. The fourth-order valence-electron chi connectivity index (χ4n) is 4.61. The van der Waals surface area contributed by atoms with Crippen LogP contribution in [0.15, 0.2) is 24.3 Å². The van der Waals surface area contributed by atoms with Crippen LogP contribution in [0.2, 0.25) is 0 Å². The number of benzene rings is 1. The highest BCUT2D eigenvalue weighted by molar-refractivity contribution is 5.81. The summed E-state index contributed by atoms with van der Waals surface area (Å²) in [4.78, 5) is 29.0. The van der Waals surface area contributed by atoms with E-state index < -0.39 is 0 Å². The lowest BCUT2D eigenvalue weighted by Crippen LogP contribution is -2.58. The van der Waals surface area contributed by atoms with Crippen molar-refractivity contribution >= 4 is 11.8 Å². The van der Waals surface area contributed by atoms with Crippen LogP contribution in [0.5, 0.6) is 0 Å². The molecule has 2 amide bonds. The fourth-order valence-corrected chi connectivity index (χ4v) is 4.61. The van der Waals surface area contributed by atoms with E-state index in [1.807, 2.05) is 4.90 Å². The fraction of sp³-hybridized carbons (Fsp3) is 0.600. The van der Waals surface area contributed by atoms with Gasteiger partial charge in [-0.25, -0.2) is 4.39 Å². The molecule has 1 N–H and O–H groups in total. The molecule has 1 saturated carbocycles. The molecule has 3 atom stereocenters. The van der Waals surface area contributed by atoms with Crippen molar-refractivity contribution in [2.24, 2.45) is 11.8 Å². The summed E-state index contributed by atoms with van der Waals surface area (Å²) in [6.07, 6.45) is 3.42. The van der Waals surface area contributed by atoms with E-state index in [1.54, 1.807) is 23.1 Å². The average molecular weight is 359 g/mol. The molecule has 3 unspecified atom stereocenters. The number of amides is 2. The Morgan fingerprint density at radius 1 is 1.08 bits per heavy atom. The smallest absolute Gasteiger partial charge is 0.227 e. The van der Waals surface area contributed by atoms with Gasteiger partial charge in [-0.05, 0) is 43.4 Å². The van der Waals surface area contributed by atoms with Crippen LogP contribution in [0.4, 0.5) is 4.39 Å². The molecule has 4 fully saturated rings. The first-order valence-corrected chi connectivity index (χ1v) is 9.65. The number of rotatable bonds is 3. The normalized spacial score (nSPS) is 28.3. The van der Waals surface area contributed by atoms with Crippen LogP contribution in [0.3, 0.4) is 0 Å². The van der Waals surface area contributed by atoms with Gasteiger partial charge in [0.1, 0.15) is 5.82 Å². The van der Waals surface area contributed by atoms with Crippen LogP contribution >= 0.6 is 0 Å². The molecule has 3 aliphatic heterocycles. The number of nitrogens with zero attached hydrogens (tertiary/aromatic N) is 2. The summed E-state index contributed by atoms with van der Waals surface area (Å²) in [5, 5.41) is 3.50. The van der Waals surface area contributed by atoms with E-state index in [-0.39, 0.29) is 30.0 Å². The van der Waals surface area contributed by atoms with Crippen molar-refractivity contribution in [1.82, 2.24) is 15.1 Å². The van der Waals surface area contributed by atoms with E-state index in [0.29, 0.717) is 43.7 Å². The van der Waals surface area contributed by atoms with Crippen LogP contribution in [-0.4, -0.2) is 60.4 Å². The zero-order valence-electron chi connectivity index (χ0n) is 15.0. The van der Waals surface area contributed by atoms with E-state index in [4.69, 9.17) is 0 Å². The summed E-state index contributed by atoms with van der Waals surface area (Å²) >= 11 is 0. The Kier molecular flexibility index (Phi) is 4.94. The van der Waals surface area contributed by atoms with E-state index in [9.17, 15) is 14.0 Å². The Hall–Kier alpha value is -1.95. The highest BCUT2D eigenvalue weighted by atomic mass is 19.1. The number of hydrogen-bond donors (Lipinski definition) is 1.